The monoisotopic (exact) mass is 391 g/mol. The lowest BCUT2D eigenvalue weighted by molar-refractivity contribution is 0.166. The minimum absolute atomic E-state index is 0.0938. The fourth-order valence-corrected chi connectivity index (χ4v) is 4.50. The van der Waals surface area contributed by atoms with Gasteiger partial charge in [0.2, 0.25) is 0 Å². The molecule has 0 spiro atoms. The van der Waals surface area contributed by atoms with Gasteiger partial charge in [0.1, 0.15) is 17.7 Å². The van der Waals surface area contributed by atoms with Gasteiger partial charge < -0.3 is 20.0 Å². The second kappa shape index (κ2) is 6.19. The van der Waals surface area contributed by atoms with Gasteiger partial charge in [-0.2, -0.15) is 0 Å². The van der Waals surface area contributed by atoms with E-state index in [1.807, 2.05) is 6.07 Å². The first-order chi connectivity index (χ1) is 14.2. The topological polar surface area (TPSA) is 52.8 Å². The van der Waals surface area contributed by atoms with E-state index in [1.165, 1.54) is 24.3 Å². The Morgan fingerprint density at radius 1 is 0.724 bits per heavy atom. The Hall–Kier alpha value is -3.12. The van der Waals surface area contributed by atoms with E-state index in [0.29, 0.717) is 0 Å². The van der Waals surface area contributed by atoms with Gasteiger partial charge in [0.25, 0.3) is 0 Å². The fourth-order valence-electron chi connectivity index (χ4n) is 4.50. The smallest absolute Gasteiger partial charge is 0.167 e. The molecule has 6 rings (SSSR count). The van der Waals surface area contributed by atoms with Crippen LogP contribution in [0.5, 0.6) is 5.75 Å². The molecule has 3 N–H and O–H groups in total. The first-order valence-corrected chi connectivity index (χ1v) is 9.89. The Bertz CT molecular complexity index is 1300. The number of fused-ring (bicyclic) bond motifs is 6. The first kappa shape index (κ1) is 16.8. The van der Waals surface area contributed by atoms with Crippen LogP contribution < -0.4 is 10.1 Å². The summed E-state index contributed by atoms with van der Waals surface area (Å²) < 4.78 is 34.4. The SMILES string of the molecule is Fc1ccc2[nH]c3c(OC4CCNCC4)c4[nH]c5ccc(F)cc5c4cc3c2c1. The predicted octanol–water partition coefficient (Wildman–Crippen LogP) is 5.36. The number of hydrogen-bond donors (Lipinski definition) is 3. The molecule has 2 aromatic heterocycles. The second-order valence-corrected chi connectivity index (χ2v) is 7.75. The van der Waals surface area contributed by atoms with Crippen molar-refractivity contribution >= 4 is 43.6 Å². The zero-order valence-electron chi connectivity index (χ0n) is 15.6. The van der Waals surface area contributed by atoms with E-state index >= 15 is 0 Å². The Morgan fingerprint density at radius 2 is 1.28 bits per heavy atom. The van der Waals surface area contributed by atoms with Crippen molar-refractivity contribution in [2.45, 2.75) is 18.9 Å². The number of piperidine rings is 1. The standard InChI is InChI=1S/C23H19F2N3O/c24-12-1-3-19-15(9-12)17-11-18-16-10-13(25)2-4-20(16)28-22(18)23(21(17)27-19)29-14-5-7-26-8-6-14/h1-4,9-11,14,26-28H,5-8H2. The average Bonchev–Trinajstić information content (AvgIpc) is 3.27. The quantitative estimate of drug-likeness (QED) is 0.379. The summed E-state index contributed by atoms with van der Waals surface area (Å²) in [6.07, 6.45) is 1.93. The van der Waals surface area contributed by atoms with Crippen molar-refractivity contribution in [1.29, 1.82) is 0 Å². The third-order valence-electron chi connectivity index (χ3n) is 5.92. The van der Waals surface area contributed by atoms with Crippen molar-refractivity contribution in [2.75, 3.05) is 13.1 Å². The molecule has 0 amide bonds. The van der Waals surface area contributed by atoms with Crippen LogP contribution in [0.25, 0.3) is 43.6 Å². The minimum Gasteiger partial charge on any atom is -0.486 e. The number of nitrogens with one attached hydrogen (secondary N) is 3. The van der Waals surface area contributed by atoms with Gasteiger partial charge in [-0.05, 0) is 68.4 Å². The second-order valence-electron chi connectivity index (χ2n) is 7.75. The maximum Gasteiger partial charge on any atom is 0.167 e. The molecule has 29 heavy (non-hydrogen) atoms. The molecule has 6 heteroatoms. The lowest BCUT2D eigenvalue weighted by Crippen LogP contribution is -2.34. The lowest BCUT2D eigenvalue weighted by Gasteiger charge is -2.24. The molecule has 4 nitrogen and oxygen atoms in total. The van der Waals surface area contributed by atoms with E-state index in [2.05, 4.69) is 15.3 Å². The van der Waals surface area contributed by atoms with E-state index in [9.17, 15) is 8.78 Å². The number of benzene rings is 3. The third kappa shape index (κ3) is 2.59. The molecule has 0 saturated carbocycles. The molecular formula is C23H19F2N3O. The molecule has 0 atom stereocenters. The van der Waals surface area contributed by atoms with Crippen LogP contribution in [-0.4, -0.2) is 29.2 Å². The van der Waals surface area contributed by atoms with Crippen molar-refractivity contribution in [3.63, 3.8) is 0 Å². The van der Waals surface area contributed by atoms with Crippen LogP contribution >= 0.6 is 0 Å². The van der Waals surface area contributed by atoms with Gasteiger partial charge in [0.05, 0.1) is 11.0 Å². The molecular weight excluding hydrogens is 372 g/mol. The maximum absolute atomic E-state index is 14.0. The van der Waals surface area contributed by atoms with Gasteiger partial charge in [-0.25, -0.2) is 8.78 Å². The summed E-state index contributed by atoms with van der Waals surface area (Å²) >= 11 is 0. The normalized spacial score (nSPS) is 15.8. The van der Waals surface area contributed by atoms with Crippen molar-refractivity contribution in [3.05, 3.63) is 54.1 Å². The maximum atomic E-state index is 14.0. The van der Waals surface area contributed by atoms with Crippen molar-refractivity contribution < 1.29 is 13.5 Å². The Labute approximate surface area is 164 Å². The molecule has 1 fully saturated rings. The van der Waals surface area contributed by atoms with Gasteiger partial charge in [-0.15, -0.1) is 0 Å². The Morgan fingerprint density at radius 3 is 1.83 bits per heavy atom. The molecule has 0 unspecified atom stereocenters. The molecule has 146 valence electrons. The highest BCUT2D eigenvalue weighted by Gasteiger charge is 2.22. The van der Waals surface area contributed by atoms with Gasteiger partial charge in [-0.1, -0.05) is 0 Å². The third-order valence-corrected chi connectivity index (χ3v) is 5.92. The van der Waals surface area contributed by atoms with E-state index in [0.717, 1.165) is 75.3 Å². The average molecular weight is 391 g/mol. The molecule has 0 bridgehead atoms. The van der Waals surface area contributed by atoms with Crippen molar-refractivity contribution in [1.82, 2.24) is 15.3 Å². The summed E-state index contributed by atoms with van der Waals surface area (Å²) in [5.74, 6) is 0.145. The number of halogens is 2. The molecule has 5 aromatic rings. The van der Waals surface area contributed by atoms with Crippen molar-refractivity contribution in [2.24, 2.45) is 0 Å². The Balaban J connectivity index is 1.71. The summed E-state index contributed by atoms with van der Waals surface area (Å²) in [5.41, 5.74) is 3.37. The van der Waals surface area contributed by atoms with Crippen LogP contribution in [0.15, 0.2) is 42.5 Å². The highest BCUT2D eigenvalue weighted by molar-refractivity contribution is 6.20. The van der Waals surface area contributed by atoms with Crippen LogP contribution in [0, 0.1) is 11.6 Å². The molecule has 0 aliphatic carbocycles. The number of hydrogen-bond acceptors (Lipinski definition) is 2. The van der Waals surface area contributed by atoms with Crippen LogP contribution in [0.1, 0.15) is 12.8 Å². The fraction of sp³-hybridized carbons (Fsp3) is 0.217. The van der Waals surface area contributed by atoms with Crippen LogP contribution in [-0.2, 0) is 0 Å². The molecule has 0 radical (unpaired) electrons. The number of aromatic nitrogens is 2. The van der Waals surface area contributed by atoms with Gasteiger partial charge >= 0.3 is 0 Å². The number of ether oxygens (including phenoxy) is 1. The van der Waals surface area contributed by atoms with Gasteiger partial charge in [0.15, 0.2) is 5.75 Å². The lowest BCUT2D eigenvalue weighted by atomic mass is 10.1. The van der Waals surface area contributed by atoms with E-state index in [-0.39, 0.29) is 17.7 Å². The Kier molecular flexibility index (Phi) is 3.59. The molecule has 1 aliphatic rings. The summed E-state index contributed by atoms with van der Waals surface area (Å²) in [4.78, 5) is 6.82. The molecule has 3 heterocycles. The van der Waals surface area contributed by atoms with Crippen LogP contribution in [0.2, 0.25) is 0 Å². The predicted molar refractivity (Wildman–Crippen MR) is 112 cm³/mol. The number of rotatable bonds is 2. The highest BCUT2D eigenvalue weighted by atomic mass is 19.1. The van der Waals surface area contributed by atoms with Gasteiger partial charge in [-0.3, -0.25) is 0 Å². The molecule has 1 saturated heterocycles. The van der Waals surface area contributed by atoms with Gasteiger partial charge in [0, 0.05) is 32.6 Å². The molecule has 3 aromatic carbocycles. The first-order valence-electron chi connectivity index (χ1n) is 9.89. The van der Waals surface area contributed by atoms with Crippen LogP contribution in [0.4, 0.5) is 8.78 Å². The van der Waals surface area contributed by atoms with Crippen molar-refractivity contribution in [3.8, 4) is 5.75 Å². The van der Waals surface area contributed by atoms with E-state index in [1.54, 1.807) is 12.1 Å². The largest absolute Gasteiger partial charge is 0.486 e. The zero-order valence-corrected chi connectivity index (χ0v) is 15.6. The zero-order chi connectivity index (χ0) is 19.5. The minimum atomic E-state index is -0.288. The van der Waals surface area contributed by atoms with Crippen LogP contribution in [0.3, 0.4) is 0 Å². The number of aromatic amines is 2. The summed E-state index contributed by atoms with van der Waals surface area (Å²) in [5, 5.41) is 6.69. The highest BCUT2D eigenvalue weighted by Crippen LogP contribution is 2.41. The number of H-pyrrole nitrogens is 2. The summed E-state index contributed by atoms with van der Waals surface area (Å²) in [7, 11) is 0. The van der Waals surface area contributed by atoms with E-state index < -0.39 is 0 Å². The molecule has 1 aliphatic heterocycles. The summed E-state index contributed by atoms with van der Waals surface area (Å²) in [6, 6.07) is 11.4. The van der Waals surface area contributed by atoms with E-state index in [4.69, 9.17) is 4.74 Å². The summed E-state index contributed by atoms with van der Waals surface area (Å²) in [6.45, 7) is 1.83.